The summed E-state index contributed by atoms with van der Waals surface area (Å²) in [5, 5.41) is 3.79. The number of pyridine rings is 1. The molecule has 152 valence electrons. The van der Waals surface area contributed by atoms with Crippen molar-refractivity contribution >= 4 is 34.1 Å². The van der Waals surface area contributed by atoms with Crippen molar-refractivity contribution in [3.8, 4) is 17.2 Å². The van der Waals surface area contributed by atoms with E-state index in [-0.39, 0.29) is 12.2 Å². The summed E-state index contributed by atoms with van der Waals surface area (Å²) in [6, 6.07) is 11.9. The number of amides is 1. The van der Waals surface area contributed by atoms with Crippen molar-refractivity contribution in [3.63, 3.8) is 0 Å². The molecule has 1 heterocycles. The van der Waals surface area contributed by atoms with E-state index in [2.05, 4.69) is 5.32 Å². The zero-order chi connectivity index (χ0) is 21.0. The summed E-state index contributed by atoms with van der Waals surface area (Å²) in [5.41, 5.74) is 0.949. The zero-order valence-corrected chi connectivity index (χ0v) is 17.1. The Kier molecular flexibility index (Phi) is 6.29. The van der Waals surface area contributed by atoms with Crippen LogP contribution in [0.3, 0.4) is 0 Å². The van der Waals surface area contributed by atoms with Gasteiger partial charge in [-0.25, -0.2) is 0 Å². The second-order valence-electron chi connectivity index (χ2n) is 6.13. The predicted octanol–water partition coefficient (Wildman–Crippen LogP) is 3.71. The fraction of sp³-hybridized carbons (Fsp3) is 0.238. The van der Waals surface area contributed by atoms with Gasteiger partial charge in [-0.05, 0) is 25.1 Å². The van der Waals surface area contributed by atoms with E-state index in [0.717, 1.165) is 10.9 Å². The summed E-state index contributed by atoms with van der Waals surface area (Å²) in [6.07, 6.45) is 0. The van der Waals surface area contributed by atoms with E-state index in [4.69, 9.17) is 25.8 Å². The van der Waals surface area contributed by atoms with Gasteiger partial charge in [-0.1, -0.05) is 23.7 Å². The molecule has 1 aromatic heterocycles. The van der Waals surface area contributed by atoms with E-state index >= 15 is 0 Å². The van der Waals surface area contributed by atoms with E-state index in [1.807, 2.05) is 31.2 Å². The lowest BCUT2D eigenvalue weighted by molar-refractivity contribution is -0.118. The maximum Gasteiger partial charge on any atom is 0.262 e. The van der Waals surface area contributed by atoms with Crippen molar-refractivity contribution in [1.82, 2.24) is 4.57 Å². The number of hydrogen-bond acceptors (Lipinski definition) is 5. The van der Waals surface area contributed by atoms with Crippen molar-refractivity contribution in [2.45, 2.75) is 13.5 Å². The number of para-hydroxylation sites is 1. The first-order chi connectivity index (χ1) is 14.0. The molecule has 0 spiro atoms. The van der Waals surface area contributed by atoms with E-state index < -0.39 is 5.91 Å². The quantitative estimate of drug-likeness (QED) is 0.635. The molecular weight excluding hydrogens is 396 g/mol. The average molecular weight is 417 g/mol. The molecule has 0 unspecified atom stereocenters. The highest BCUT2D eigenvalue weighted by molar-refractivity contribution is 6.32. The summed E-state index contributed by atoms with van der Waals surface area (Å²) >= 11 is 6.13. The van der Waals surface area contributed by atoms with Gasteiger partial charge >= 0.3 is 0 Å². The normalized spacial score (nSPS) is 10.6. The Labute approximate surface area is 172 Å². The first-order valence-electron chi connectivity index (χ1n) is 8.95. The van der Waals surface area contributed by atoms with E-state index in [1.54, 1.807) is 10.6 Å². The number of rotatable bonds is 7. The van der Waals surface area contributed by atoms with Crippen LogP contribution in [0.5, 0.6) is 17.2 Å². The minimum absolute atomic E-state index is 0.190. The van der Waals surface area contributed by atoms with Crippen LogP contribution in [-0.2, 0) is 11.3 Å². The molecule has 29 heavy (non-hydrogen) atoms. The molecule has 0 fully saturated rings. The second-order valence-corrected chi connectivity index (χ2v) is 6.54. The van der Waals surface area contributed by atoms with E-state index in [0.29, 0.717) is 34.5 Å². The van der Waals surface area contributed by atoms with Crippen LogP contribution in [-0.4, -0.2) is 31.3 Å². The maximum atomic E-state index is 12.4. The Balaban J connectivity index is 1.80. The number of carbonyl (C=O) groups is 1. The number of methoxy groups -OCH3 is 2. The first kappa shape index (κ1) is 20.5. The fourth-order valence-electron chi connectivity index (χ4n) is 3.04. The van der Waals surface area contributed by atoms with Gasteiger partial charge < -0.3 is 24.1 Å². The lowest BCUT2D eigenvalue weighted by Gasteiger charge is -2.15. The molecule has 1 N–H and O–H groups in total. The van der Waals surface area contributed by atoms with E-state index in [9.17, 15) is 9.59 Å². The zero-order valence-electron chi connectivity index (χ0n) is 16.3. The smallest absolute Gasteiger partial charge is 0.262 e. The minimum Gasteiger partial charge on any atom is -0.495 e. The number of carbonyl (C=O) groups excluding carboxylic acids is 1. The van der Waals surface area contributed by atoms with Crippen LogP contribution < -0.4 is 25.1 Å². The number of ether oxygens (including phenoxy) is 3. The topological polar surface area (TPSA) is 78.8 Å². The molecule has 0 saturated carbocycles. The van der Waals surface area contributed by atoms with Crippen molar-refractivity contribution in [1.29, 1.82) is 0 Å². The number of aromatic nitrogens is 1. The summed E-state index contributed by atoms with van der Waals surface area (Å²) < 4.78 is 17.7. The highest BCUT2D eigenvalue weighted by atomic mass is 35.5. The molecule has 0 aliphatic carbocycles. The van der Waals surface area contributed by atoms with Gasteiger partial charge in [0.2, 0.25) is 0 Å². The summed E-state index contributed by atoms with van der Waals surface area (Å²) in [7, 11) is 2.97. The Morgan fingerprint density at radius 2 is 1.79 bits per heavy atom. The second kappa shape index (κ2) is 8.87. The van der Waals surface area contributed by atoms with Gasteiger partial charge in [0.1, 0.15) is 17.2 Å². The van der Waals surface area contributed by atoms with Crippen LogP contribution in [0.4, 0.5) is 5.69 Å². The van der Waals surface area contributed by atoms with Gasteiger partial charge in [0.15, 0.2) is 6.61 Å². The third-order valence-corrected chi connectivity index (χ3v) is 4.70. The molecule has 7 nitrogen and oxygen atoms in total. The van der Waals surface area contributed by atoms with Gasteiger partial charge in [0.25, 0.3) is 11.5 Å². The summed E-state index contributed by atoms with van der Waals surface area (Å²) in [4.78, 5) is 24.8. The molecule has 0 radical (unpaired) electrons. The van der Waals surface area contributed by atoms with Gasteiger partial charge in [0.05, 0.1) is 30.4 Å². The molecule has 8 heteroatoms. The monoisotopic (exact) mass is 416 g/mol. The summed E-state index contributed by atoms with van der Waals surface area (Å²) in [6.45, 7) is 2.15. The van der Waals surface area contributed by atoms with Gasteiger partial charge in [0, 0.05) is 24.1 Å². The van der Waals surface area contributed by atoms with Crippen LogP contribution in [0, 0.1) is 0 Å². The van der Waals surface area contributed by atoms with Crippen molar-refractivity contribution in [2.24, 2.45) is 0 Å². The largest absolute Gasteiger partial charge is 0.495 e. The number of nitrogens with zero attached hydrogens (tertiary/aromatic N) is 1. The van der Waals surface area contributed by atoms with Crippen LogP contribution >= 0.6 is 11.6 Å². The Bertz CT molecular complexity index is 1110. The molecule has 0 aliphatic heterocycles. The summed E-state index contributed by atoms with van der Waals surface area (Å²) in [5.74, 6) is 0.759. The lowest BCUT2D eigenvalue weighted by atomic mass is 10.2. The van der Waals surface area contributed by atoms with Crippen molar-refractivity contribution in [2.75, 3.05) is 26.1 Å². The number of nitrogens with one attached hydrogen (secondary N) is 1. The molecule has 0 bridgehead atoms. The number of anilines is 1. The molecule has 1 amide bonds. The van der Waals surface area contributed by atoms with Crippen molar-refractivity contribution < 1.29 is 19.0 Å². The SMILES string of the molecule is CCn1c(=O)cc(OCC(=O)Nc2cc(Cl)c(OC)cc2OC)c2ccccc21. The molecular formula is C21H21ClN2O5. The van der Waals surface area contributed by atoms with Gasteiger partial charge in [-0.3, -0.25) is 9.59 Å². The van der Waals surface area contributed by atoms with Gasteiger partial charge in [-0.2, -0.15) is 0 Å². The fourth-order valence-corrected chi connectivity index (χ4v) is 3.28. The third-order valence-electron chi connectivity index (χ3n) is 4.40. The van der Waals surface area contributed by atoms with Gasteiger partial charge in [-0.15, -0.1) is 0 Å². The molecule has 0 saturated heterocycles. The van der Waals surface area contributed by atoms with Crippen LogP contribution in [0.15, 0.2) is 47.3 Å². The standard InChI is InChI=1S/C21H21ClN2O5/c1-4-24-16-8-6-5-7-13(16)17(11-21(24)26)29-12-20(25)23-15-9-14(22)18(27-2)10-19(15)28-3/h5-11H,4,12H2,1-3H3,(H,23,25). The Hall–Kier alpha value is -3.19. The molecule has 3 rings (SSSR count). The number of hydrogen-bond donors (Lipinski definition) is 1. The molecule has 0 aliphatic rings. The predicted molar refractivity (Wildman–Crippen MR) is 113 cm³/mol. The maximum absolute atomic E-state index is 12.4. The number of halogens is 1. The van der Waals surface area contributed by atoms with Crippen LogP contribution in [0.25, 0.3) is 10.9 Å². The van der Waals surface area contributed by atoms with E-state index in [1.165, 1.54) is 26.4 Å². The Morgan fingerprint density at radius 1 is 1.07 bits per heavy atom. The first-order valence-corrected chi connectivity index (χ1v) is 9.33. The molecule has 2 aromatic carbocycles. The minimum atomic E-state index is -0.423. The highest BCUT2D eigenvalue weighted by Crippen LogP contribution is 2.35. The number of aryl methyl sites for hydroxylation is 1. The van der Waals surface area contributed by atoms with Crippen molar-refractivity contribution in [3.05, 3.63) is 57.8 Å². The Morgan fingerprint density at radius 3 is 2.48 bits per heavy atom. The average Bonchev–Trinajstić information content (AvgIpc) is 2.72. The molecule has 0 atom stereocenters. The number of fused-ring (bicyclic) bond motifs is 1. The van der Waals surface area contributed by atoms with Crippen LogP contribution in [0.1, 0.15) is 6.92 Å². The van der Waals surface area contributed by atoms with Crippen LogP contribution in [0.2, 0.25) is 5.02 Å². The highest BCUT2D eigenvalue weighted by Gasteiger charge is 2.14. The lowest BCUT2D eigenvalue weighted by Crippen LogP contribution is -2.23. The number of benzene rings is 2. The molecule has 3 aromatic rings. The third kappa shape index (κ3) is 4.30.